The Morgan fingerprint density at radius 3 is 2.39 bits per heavy atom. The minimum Gasteiger partial charge on any atom is -0.330 e. The maximum Gasteiger partial charge on any atom is 0.405 e. The lowest BCUT2D eigenvalue weighted by atomic mass is 10.3. The highest BCUT2D eigenvalue weighted by atomic mass is 79.9. The van der Waals surface area contributed by atoms with Crippen molar-refractivity contribution in [2.24, 2.45) is 5.73 Å². The third kappa shape index (κ3) is 3.46. The molecule has 1 atom stereocenters. The van der Waals surface area contributed by atoms with E-state index in [0.717, 1.165) is 12.1 Å². The molecule has 0 aliphatic carbocycles. The maximum atomic E-state index is 12.7. The third-order valence-electron chi connectivity index (χ3n) is 2.29. The van der Waals surface area contributed by atoms with Gasteiger partial charge in [0.2, 0.25) is 0 Å². The fourth-order valence-electron chi connectivity index (χ4n) is 1.45. The van der Waals surface area contributed by atoms with Crippen LogP contribution in [0.15, 0.2) is 33.6 Å². The molecule has 1 unspecified atom stereocenters. The van der Waals surface area contributed by atoms with E-state index in [9.17, 15) is 21.6 Å². The molecule has 0 saturated heterocycles. The molecule has 0 saturated carbocycles. The second-order valence-electron chi connectivity index (χ2n) is 3.61. The lowest BCUT2D eigenvalue weighted by molar-refractivity contribution is -0.131. The molecule has 0 aliphatic rings. The summed E-state index contributed by atoms with van der Waals surface area (Å²) in [5.41, 5.74) is 5.06. The summed E-state index contributed by atoms with van der Waals surface area (Å²) in [6.45, 7) is -0.350. The van der Waals surface area contributed by atoms with Gasteiger partial charge >= 0.3 is 6.18 Å². The topological polar surface area (TPSA) is 60.2 Å². The molecule has 1 aromatic rings. The number of benzene rings is 1. The predicted octanol–water partition coefficient (Wildman–Crippen LogP) is 2.50. The first-order valence-corrected chi connectivity index (χ1v) is 7.29. The first-order chi connectivity index (χ1) is 8.19. The molecule has 1 rings (SSSR count). The molecule has 0 bridgehead atoms. The van der Waals surface area contributed by atoms with Crippen molar-refractivity contribution in [1.29, 1.82) is 0 Å². The van der Waals surface area contributed by atoms with E-state index >= 15 is 0 Å². The number of sulfone groups is 1. The van der Waals surface area contributed by atoms with Crippen LogP contribution in [0, 0.1) is 0 Å². The van der Waals surface area contributed by atoms with Crippen LogP contribution in [0.3, 0.4) is 0 Å². The van der Waals surface area contributed by atoms with Gasteiger partial charge in [-0.15, -0.1) is 0 Å². The first-order valence-electron chi connectivity index (χ1n) is 4.96. The summed E-state index contributed by atoms with van der Waals surface area (Å²) < 4.78 is 62.5. The summed E-state index contributed by atoms with van der Waals surface area (Å²) in [6.07, 6.45) is -5.49. The van der Waals surface area contributed by atoms with Crippen LogP contribution in [0.4, 0.5) is 13.2 Å². The number of nitrogens with two attached hydrogens (primary N) is 1. The van der Waals surface area contributed by atoms with Gasteiger partial charge in [-0.25, -0.2) is 8.42 Å². The predicted molar refractivity (Wildman–Crippen MR) is 64.8 cm³/mol. The number of alkyl halides is 3. The van der Waals surface area contributed by atoms with Gasteiger partial charge in [-0.3, -0.25) is 0 Å². The molecule has 2 N–H and O–H groups in total. The molecule has 3 nitrogen and oxygen atoms in total. The smallest absolute Gasteiger partial charge is 0.330 e. The van der Waals surface area contributed by atoms with Gasteiger partial charge in [0.15, 0.2) is 15.1 Å². The summed E-state index contributed by atoms with van der Waals surface area (Å²) in [6, 6.07) is 5.18. The van der Waals surface area contributed by atoms with E-state index in [0.29, 0.717) is 4.47 Å². The number of hydrogen-bond donors (Lipinski definition) is 1. The molecule has 0 aliphatic heterocycles. The lowest BCUT2D eigenvalue weighted by Crippen LogP contribution is -2.38. The minimum atomic E-state index is -4.83. The van der Waals surface area contributed by atoms with Gasteiger partial charge in [-0.1, -0.05) is 22.0 Å². The molecule has 1 aromatic carbocycles. The monoisotopic (exact) mass is 345 g/mol. The molecule has 0 amide bonds. The highest BCUT2D eigenvalue weighted by molar-refractivity contribution is 9.10. The number of rotatable bonds is 4. The quantitative estimate of drug-likeness (QED) is 0.911. The Hall–Kier alpha value is -0.600. The summed E-state index contributed by atoms with van der Waals surface area (Å²) in [5.74, 6) is 0. The Labute approximate surface area is 111 Å². The third-order valence-corrected chi connectivity index (χ3v) is 4.95. The summed E-state index contributed by atoms with van der Waals surface area (Å²) >= 11 is 3.02. The van der Waals surface area contributed by atoms with Crippen LogP contribution >= 0.6 is 15.9 Å². The zero-order valence-corrected chi connectivity index (χ0v) is 11.5. The highest BCUT2D eigenvalue weighted by Crippen LogP contribution is 2.32. The van der Waals surface area contributed by atoms with E-state index in [1.165, 1.54) is 12.1 Å². The van der Waals surface area contributed by atoms with Crippen LogP contribution < -0.4 is 5.73 Å². The van der Waals surface area contributed by atoms with Crippen molar-refractivity contribution < 1.29 is 21.6 Å². The average molecular weight is 346 g/mol. The van der Waals surface area contributed by atoms with Crippen molar-refractivity contribution in [2.75, 3.05) is 6.54 Å². The highest BCUT2D eigenvalue weighted by Gasteiger charge is 2.48. The molecule has 0 heterocycles. The fraction of sp³-hybridized carbons (Fsp3) is 0.400. The van der Waals surface area contributed by atoms with Gasteiger partial charge in [-0.2, -0.15) is 13.2 Å². The summed E-state index contributed by atoms with van der Waals surface area (Å²) in [4.78, 5) is -0.368. The van der Waals surface area contributed by atoms with Crippen molar-refractivity contribution in [3.63, 3.8) is 0 Å². The molecule has 0 radical (unpaired) electrons. The van der Waals surface area contributed by atoms with Crippen molar-refractivity contribution in [2.45, 2.75) is 22.7 Å². The standard InChI is InChI=1S/C10H11BrF3NO2S/c11-7-2-1-3-8(6-7)18(16,17)9(4-5-15)10(12,13)14/h1-3,6,9H,4-5,15H2. The van der Waals surface area contributed by atoms with Crippen molar-refractivity contribution in [1.82, 2.24) is 0 Å². The van der Waals surface area contributed by atoms with E-state index in [1.54, 1.807) is 0 Å². The number of hydrogen-bond acceptors (Lipinski definition) is 3. The Kier molecular flexibility index (Phi) is 4.79. The Balaban J connectivity index is 3.26. The van der Waals surface area contributed by atoms with Gasteiger partial charge < -0.3 is 5.73 Å². The minimum absolute atomic E-state index is 0.350. The van der Waals surface area contributed by atoms with Gasteiger partial charge in [0.1, 0.15) is 0 Å². The van der Waals surface area contributed by atoms with E-state index in [-0.39, 0.29) is 11.4 Å². The van der Waals surface area contributed by atoms with Crippen molar-refractivity contribution in [3.8, 4) is 0 Å². The van der Waals surface area contributed by atoms with Crippen LogP contribution in [-0.4, -0.2) is 26.4 Å². The Bertz CT molecular complexity index is 516. The average Bonchev–Trinajstić information content (AvgIpc) is 2.24. The fourth-order valence-corrected chi connectivity index (χ4v) is 3.69. The zero-order chi connectivity index (χ0) is 14.0. The van der Waals surface area contributed by atoms with Crippen LogP contribution in [0.5, 0.6) is 0 Å². The lowest BCUT2D eigenvalue weighted by Gasteiger charge is -2.20. The van der Waals surface area contributed by atoms with E-state index in [2.05, 4.69) is 15.9 Å². The first kappa shape index (κ1) is 15.5. The van der Waals surface area contributed by atoms with Gasteiger partial charge in [0.25, 0.3) is 0 Å². The van der Waals surface area contributed by atoms with Crippen LogP contribution in [0.25, 0.3) is 0 Å². The second kappa shape index (κ2) is 5.58. The van der Waals surface area contributed by atoms with Crippen LogP contribution in [0.1, 0.15) is 6.42 Å². The maximum absolute atomic E-state index is 12.7. The molecule has 0 aromatic heterocycles. The molecular formula is C10H11BrF3NO2S. The second-order valence-corrected chi connectivity index (χ2v) is 6.66. The van der Waals surface area contributed by atoms with E-state index < -0.39 is 27.7 Å². The molecule has 0 fully saturated rings. The van der Waals surface area contributed by atoms with Crippen molar-refractivity contribution >= 4 is 25.8 Å². The van der Waals surface area contributed by atoms with E-state index in [1.807, 2.05) is 0 Å². The van der Waals surface area contributed by atoms with Crippen molar-refractivity contribution in [3.05, 3.63) is 28.7 Å². The summed E-state index contributed by atoms with van der Waals surface area (Å²) in [5, 5.41) is -2.47. The van der Waals surface area contributed by atoms with Gasteiger partial charge in [0, 0.05) is 4.47 Å². The normalized spacial score (nSPS) is 14.5. The van der Waals surface area contributed by atoms with E-state index in [4.69, 9.17) is 5.73 Å². The van der Waals surface area contributed by atoms with Crippen LogP contribution in [-0.2, 0) is 9.84 Å². The Morgan fingerprint density at radius 1 is 1.33 bits per heavy atom. The molecule has 102 valence electrons. The molecule has 0 spiro atoms. The molecule has 18 heavy (non-hydrogen) atoms. The molecular weight excluding hydrogens is 335 g/mol. The SMILES string of the molecule is NCCC(C(F)(F)F)S(=O)(=O)c1cccc(Br)c1. The van der Waals surface area contributed by atoms with Crippen LogP contribution in [0.2, 0.25) is 0 Å². The van der Waals surface area contributed by atoms with Gasteiger partial charge in [0.05, 0.1) is 4.90 Å². The van der Waals surface area contributed by atoms with Gasteiger partial charge in [-0.05, 0) is 31.2 Å². The largest absolute Gasteiger partial charge is 0.405 e. The molecule has 8 heteroatoms. The number of halogens is 4. The zero-order valence-electron chi connectivity index (χ0n) is 9.11. The summed E-state index contributed by atoms with van der Waals surface area (Å²) in [7, 11) is -4.48. The Morgan fingerprint density at radius 2 is 1.94 bits per heavy atom.